The minimum Gasteiger partial charge on any atom is -0.278 e. The molecule has 1 aliphatic carbocycles. The van der Waals surface area contributed by atoms with Gasteiger partial charge in [0, 0.05) is 27.9 Å². The molecule has 5 aromatic rings. The highest BCUT2D eigenvalue weighted by atomic mass is 15.2. The van der Waals surface area contributed by atoms with Gasteiger partial charge in [-0.3, -0.25) is 9.55 Å². The Balaban J connectivity index is 1.73. The Bertz CT molecular complexity index is 1410. The molecule has 4 nitrogen and oxygen atoms in total. The first-order valence-corrected chi connectivity index (χ1v) is 10.2. The monoisotopic (exact) mass is 388 g/mol. The van der Waals surface area contributed by atoms with Gasteiger partial charge in [-0.15, -0.1) is 0 Å². The fraction of sp³-hybridized carbons (Fsp3) is 0.115. The lowest BCUT2D eigenvalue weighted by molar-refractivity contribution is 0.651. The van der Waals surface area contributed by atoms with Crippen LogP contribution in [-0.4, -0.2) is 19.5 Å². The lowest BCUT2D eigenvalue weighted by atomic mass is 9.91. The van der Waals surface area contributed by atoms with E-state index >= 15 is 0 Å². The van der Waals surface area contributed by atoms with Crippen molar-refractivity contribution in [1.82, 2.24) is 19.5 Å². The van der Waals surface area contributed by atoms with E-state index in [1.165, 1.54) is 10.8 Å². The predicted molar refractivity (Wildman–Crippen MR) is 122 cm³/mol. The van der Waals surface area contributed by atoms with Crippen LogP contribution < -0.4 is 0 Å². The van der Waals surface area contributed by atoms with Crippen LogP contribution in [0.4, 0.5) is 0 Å². The Morgan fingerprint density at radius 2 is 1.43 bits per heavy atom. The number of rotatable bonds is 2. The van der Waals surface area contributed by atoms with Crippen molar-refractivity contribution in [2.45, 2.75) is 19.3 Å². The molecular weight excluding hydrogens is 368 g/mol. The summed E-state index contributed by atoms with van der Waals surface area (Å²) < 4.78 is 2.17. The van der Waals surface area contributed by atoms with E-state index in [9.17, 15) is 0 Å². The SMILES string of the molecule is CC1(C)C=Cc2c(-c3ccccn3)nc(-n3c4ccccc4c4ccccc43)nc21. The summed E-state index contributed by atoms with van der Waals surface area (Å²) in [5.74, 6) is 0.684. The number of nitrogens with zero attached hydrogens (tertiary/aromatic N) is 4. The number of benzene rings is 2. The molecule has 0 fully saturated rings. The van der Waals surface area contributed by atoms with Gasteiger partial charge in [-0.05, 0) is 24.3 Å². The number of fused-ring (bicyclic) bond motifs is 4. The van der Waals surface area contributed by atoms with E-state index in [1.807, 2.05) is 24.4 Å². The normalized spacial score (nSPS) is 14.5. The Morgan fingerprint density at radius 1 is 0.767 bits per heavy atom. The van der Waals surface area contributed by atoms with Crippen molar-refractivity contribution < 1.29 is 0 Å². The van der Waals surface area contributed by atoms with Gasteiger partial charge in [0.25, 0.3) is 0 Å². The van der Waals surface area contributed by atoms with Gasteiger partial charge >= 0.3 is 0 Å². The van der Waals surface area contributed by atoms with Crippen molar-refractivity contribution >= 4 is 27.9 Å². The van der Waals surface area contributed by atoms with Gasteiger partial charge in [0.2, 0.25) is 5.95 Å². The van der Waals surface area contributed by atoms with Gasteiger partial charge in [0.05, 0.1) is 22.4 Å². The maximum Gasteiger partial charge on any atom is 0.235 e. The first-order chi connectivity index (χ1) is 14.6. The predicted octanol–water partition coefficient (Wildman–Crippen LogP) is 5.94. The third-order valence-electron chi connectivity index (χ3n) is 5.90. The molecule has 4 heteroatoms. The molecule has 30 heavy (non-hydrogen) atoms. The molecule has 0 saturated heterocycles. The van der Waals surface area contributed by atoms with Gasteiger partial charge in [-0.25, -0.2) is 9.97 Å². The van der Waals surface area contributed by atoms with E-state index in [0.717, 1.165) is 33.7 Å². The number of allylic oxidation sites excluding steroid dienone is 1. The molecule has 1 aliphatic rings. The third-order valence-corrected chi connectivity index (χ3v) is 5.90. The average Bonchev–Trinajstić information content (AvgIpc) is 3.28. The minimum absolute atomic E-state index is 0.157. The average molecular weight is 388 g/mol. The zero-order valence-electron chi connectivity index (χ0n) is 16.9. The molecule has 144 valence electrons. The van der Waals surface area contributed by atoms with Crippen molar-refractivity contribution in [3.63, 3.8) is 0 Å². The molecule has 0 radical (unpaired) electrons. The zero-order valence-corrected chi connectivity index (χ0v) is 16.9. The second-order valence-electron chi connectivity index (χ2n) is 8.27. The smallest absolute Gasteiger partial charge is 0.235 e. The van der Waals surface area contributed by atoms with E-state index in [4.69, 9.17) is 9.97 Å². The van der Waals surface area contributed by atoms with Crippen LogP contribution >= 0.6 is 0 Å². The lowest BCUT2D eigenvalue weighted by Gasteiger charge is -2.19. The van der Waals surface area contributed by atoms with Gasteiger partial charge in [-0.2, -0.15) is 0 Å². The summed E-state index contributed by atoms with van der Waals surface area (Å²) in [4.78, 5) is 14.7. The molecule has 3 heterocycles. The molecule has 0 bridgehead atoms. The van der Waals surface area contributed by atoms with Gasteiger partial charge < -0.3 is 0 Å². The summed E-state index contributed by atoms with van der Waals surface area (Å²) in [5, 5.41) is 2.41. The fourth-order valence-electron chi connectivity index (χ4n) is 4.41. The topological polar surface area (TPSA) is 43.6 Å². The van der Waals surface area contributed by atoms with Gasteiger partial charge in [-0.1, -0.05) is 68.5 Å². The van der Waals surface area contributed by atoms with Crippen LogP contribution in [0.5, 0.6) is 0 Å². The van der Waals surface area contributed by atoms with Crippen molar-refractivity contribution in [1.29, 1.82) is 0 Å². The number of aromatic nitrogens is 4. The Labute approximate surface area is 174 Å². The van der Waals surface area contributed by atoms with Crippen molar-refractivity contribution in [3.8, 4) is 17.3 Å². The first-order valence-electron chi connectivity index (χ1n) is 10.2. The van der Waals surface area contributed by atoms with E-state index in [2.05, 4.69) is 84.1 Å². The van der Waals surface area contributed by atoms with Crippen LogP contribution in [-0.2, 0) is 5.41 Å². The molecule has 0 unspecified atom stereocenters. The quantitative estimate of drug-likeness (QED) is 0.376. The number of hydrogen-bond donors (Lipinski definition) is 0. The minimum atomic E-state index is -0.157. The molecule has 2 aromatic carbocycles. The second kappa shape index (κ2) is 6.10. The van der Waals surface area contributed by atoms with Crippen LogP contribution in [0.3, 0.4) is 0 Å². The summed E-state index contributed by atoms with van der Waals surface area (Å²) in [5.41, 5.74) is 5.89. The summed E-state index contributed by atoms with van der Waals surface area (Å²) in [6.07, 6.45) is 6.15. The zero-order chi connectivity index (χ0) is 20.3. The number of pyridine rings is 1. The molecule has 0 aliphatic heterocycles. The highest BCUT2D eigenvalue weighted by Gasteiger charge is 2.31. The van der Waals surface area contributed by atoms with Crippen LogP contribution in [0.1, 0.15) is 25.1 Å². The summed E-state index contributed by atoms with van der Waals surface area (Å²) in [7, 11) is 0. The van der Waals surface area contributed by atoms with Gasteiger partial charge in [0.1, 0.15) is 5.69 Å². The Morgan fingerprint density at radius 3 is 2.10 bits per heavy atom. The molecule has 6 rings (SSSR count). The van der Waals surface area contributed by atoms with Crippen LogP contribution in [0.15, 0.2) is 79.0 Å². The number of hydrogen-bond acceptors (Lipinski definition) is 3. The van der Waals surface area contributed by atoms with Crippen molar-refractivity contribution in [2.75, 3.05) is 0 Å². The first kappa shape index (κ1) is 17.1. The van der Waals surface area contributed by atoms with E-state index in [-0.39, 0.29) is 5.41 Å². The molecule has 0 N–H and O–H groups in total. The standard InChI is InChI=1S/C26H20N4/c1-26(2)15-14-19-23(20-11-7-8-16-27-20)28-25(29-24(19)26)30-21-12-5-3-9-17(21)18-10-4-6-13-22(18)30/h3-16H,1-2H3. The van der Waals surface area contributed by atoms with Gasteiger partial charge in [0.15, 0.2) is 0 Å². The maximum atomic E-state index is 5.10. The van der Waals surface area contributed by atoms with E-state index in [1.54, 1.807) is 0 Å². The largest absolute Gasteiger partial charge is 0.278 e. The highest BCUT2D eigenvalue weighted by Crippen LogP contribution is 2.39. The Hall–Kier alpha value is -3.79. The fourth-order valence-corrected chi connectivity index (χ4v) is 4.41. The molecule has 3 aromatic heterocycles. The van der Waals surface area contributed by atoms with Crippen LogP contribution in [0, 0.1) is 0 Å². The molecule has 0 saturated carbocycles. The molecular formula is C26H20N4. The van der Waals surface area contributed by atoms with E-state index < -0.39 is 0 Å². The second-order valence-corrected chi connectivity index (χ2v) is 8.27. The molecule has 0 atom stereocenters. The van der Waals surface area contributed by atoms with Crippen molar-refractivity contribution in [2.24, 2.45) is 0 Å². The van der Waals surface area contributed by atoms with Crippen molar-refractivity contribution in [3.05, 3.63) is 90.3 Å². The summed E-state index contributed by atoms with van der Waals surface area (Å²) in [6.45, 7) is 4.39. The highest BCUT2D eigenvalue weighted by molar-refractivity contribution is 6.08. The third kappa shape index (κ3) is 2.37. The van der Waals surface area contributed by atoms with Crippen LogP contribution in [0.25, 0.3) is 45.2 Å². The summed E-state index contributed by atoms with van der Waals surface area (Å²) >= 11 is 0. The number of para-hydroxylation sites is 2. The molecule has 0 spiro atoms. The summed E-state index contributed by atoms with van der Waals surface area (Å²) in [6, 6.07) is 22.8. The molecule has 0 amide bonds. The Kier molecular flexibility index (Phi) is 3.48. The lowest BCUT2D eigenvalue weighted by Crippen LogP contribution is -2.17. The van der Waals surface area contributed by atoms with E-state index in [0.29, 0.717) is 5.95 Å². The maximum absolute atomic E-state index is 5.10. The van der Waals surface area contributed by atoms with Crippen LogP contribution in [0.2, 0.25) is 0 Å².